The molecule has 1 aliphatic rings. The maximum absolute atomic E-state index is 11.8. The van der Waals surface area contributed by atoms with Crippen molar-refractivity contribution in [3.05, 3.63) is 35.4 Å². The number of guanidine groups is 1. The van der Waals surface area contributed by atoms with E-state index in [9.17, 15) is 9.59 Å². The van der Waals surface area contributed by atoms with Crippen molar-refractivity contribution in [2.45, 2.75) is 32.2 Å². The van der Waals surface area contributed by atoms with Gasteiger partial charge in [0.15, 0.2) is 5.96 Å². The van der Waals surface area contributed by atoms with Crippen LogP contribution in [-0.4, -0.2) is 62.4 Å². The average Bonchev–Trinajstić information content (AvgIpc) is 3.14. The minimum atomic E-state index is -0.0790. The van der Waals surface area contributed by atoms with Crippen LogP contribution in [0.1, 0.15) is 35.7 Å². The number of carbonyl (C=O) groups is 2. The Morgan fingerprint density at radius 2 is 2.11 bits per heavy atom. The summed E-state index contributed by atoms with van der Waals surface area (Å²) in [6.07, 6.45) is 2.27. The van der Waals surface area contributed by atoms with Gasteiger partial charge in [0.2, 0.25) is 5.91 Å². The van der Waals surface area contributed by atoms with Crippen molar-refractivity contribution in [1.82, 2.24) is 20.9 Å². The van der Waals surface area contributed by atoms with Crippen molar-refractivity contribution >= 4 is 41.8 Å². The van der Waals surface area contributed by atoms with Crippen molar-refractivity contribution in [3.8, 4) is 0 Å². The van der Waals surface area contributed by atoms with Gasteiger partial charge in [0, 0.05) is 51.8 Å². The number of carbonyl (C=O) groups excluding carboxylic acids is 2. The highest BCUT2D eigenvalue weighted by Gasteiger charge is 2.25. The van der Waals surface area contributed by atoms with Crippen LogP contribution in [0.2, 0.25) is 0 Å². The molecule has 1 aromatic carbocycles. The highest BCUT2D eigenvalue weighted by atomic mass is 127. The van der Waals surface area contributed by atoms with Crippen molar-refractivity contribution in [2.75, 3.05) is 33.7 Å². The SMILES string of the molecule is CCC(=O)N1CCC(NC(=NC)NCCc2cccc(C(=O)NC)c2)C1.I. The van der Waals surface area contributed by atoms with Crippen molar-refractivity contribution in [1.29, 1.82) is 0 Å². The number of nitrogens with zero attached hydrogens (tertiary/aromatic N) is 2. The number of rotatable bonds is 6. The van der Waals surface area contributed by atoms with E-state index in [1.54, 1.807) is 20.2 Å². The van der Waals surface area contributed by atoms with Crippen LogP contribution in [0.5, 0.6) is 0 Å². The van der Waals surface area contributed by atoms with Gasteiger partial charge >= 0.3 is 0 Å². The molecule has 150 valence electrons. The van der Waals surface area contributed by atoms with Crippen molar-refractivity contribution < 1.29 is 9.59 Å². The lowest BCUT2D eigenvalue weighted by Gasteiger charge is -2.18. The van der Waals surface area contributed by atoms with Gasteiger partial charge in [-0.05, 0) is 30.5 Å². The lowest BCUT2D eigenvalue weighted by molar-refractivity contribution is -0.129. The standard InChI is InChI=1S/C19H29N5O2.HI/c1-4-17(25)24-11-9-16(13-24)23-19(21-3)22-10-8-14-6-5-7-15(12-14)18(26)20-2;/h5-7,12,16H,4,8-11,13H2,1-3H3,(H,20,26)(H2,21,22,23);1H. The maximum Gasteiger partial charge on any atom is 0.251 e. The Bertz CT molecular complexity index is 665. The van der Waals surface area contributed by atoms with Gasteiger partial charge in [0.05, 0.1) is 0 Å². The molecule has 8 heteroatoms. The Hall–Kier alpha value is -1.84. The van der Waals surface area contributed by atoms with E-state index >= 15 is 0 Å². The zero-order valence-electron chi connectivity index (χ0n) is 16.2. The van der Waals surface area contributed by atoms with Gasteiger partial charge in [-0.1, -0.05) is 19.1 Å². The summed E-state index contributed by atoms with van der Waals surface area (Å²) in [5, 5.41) is 9.32. The molecule has 1 aromatic rings. The molecule has 1 unspecified atom stereocenters. The first kappa shape index (κ1) is 23.2. The number of hydrogen-bond donors (Lipinski definition) is 3. The van der Waals surface area contributed by atoms with Crippen LogP contribution in [0.3, 0.4) is 0 Å². The normalized spacial score (nSPS) is 16.5. The molecule has 0 spiro atoms. The molecule has 27 heavy (non-hydrogen) atoms. The van der Waals surface area contributed by atoms with Gasteiger partial charge in [-0.15, -0.1) is 24.0 Å². The number of amides is 2. The predicted molar refractivity (Wildman–Crippen MR) is 119 cm³/mol. The molecule has 2 rings (SSSR count). The van der Waals surface area contributed by atoms with E-state index in [0.717, 1.165) is 37.5 Å². The monoisotopic (exact) mass is 487 g/mol. The van der Waals surface area contributed by atoms with E-state index in [-0.39, 0.29) is 41.8 Å². The van der Waals surface area contributed by atoms with Crippen LogP contribution in [-0.2, 0) is 11.2 Å². The Kier molecular flexibility index (Phi) is 10.1. The lowest BCUT2D eigenvalue weighted by Crippen LogP contribution is -2.45. The van der Waals surface area contributed by atoms with Crippen LogP contribution >= 0.6 is 24.0 Å². The van der Waals surface area contributed by atoms with Crippen LogP contribution in [0.25, 0.3) is 0 Å². The Morgan fingerprint density at radius 3 is 2.78 bits per heavy atom. The van der Waals surface area contributed by atoms with Crippen LogP contribution in [0, 0.1) is 0 Å². The van der Waals surface area contributed by atoms with E-state index in [0.29, 0.717) is 18.5 Å². The molecule has 7 nitrogen and oxygen atoms in total. The average molecular weight is 487 g/mol. The highest BCUT2D eigenvalue weighted by molar-refractivity contribution is 14.0. The molecule has 1 fully saturated rings. The van der Waals surface area contributed by atoms with E-state index < -0.39 is 0 Å². The van der Waals surface area contributed by atoms with Crippen LogP contribution < -0.4 is 16.0 Å². The number of aliphatic imine (C=N–C) groups is 1. The molecule has 1 heterocycles. The molecule has 0 saturated carbocycles. The van der Waals surface area contributed by atoms with Gasteiger partial charge < -0.3 is 20.9 Å². The summed E-state index contributed by atoms with van der Waals surface area (Å²) >= 11 is 0. The summed E-state index contributed by atoms with van der Waals surface area (Å²) in [5.41, 5.74) is 1.76. The number of likely N-dealkylation sites (tertiary alicyclic amines) is 1. The van der Waals surface area contributed by atoms with Gasteiger partial charge in [-0.3, -0.25) is 14.6 Å². The first-order valence-corrected chi connectivity index (χ1v) is 9.13. The second-order valence-electron chi connectivity index (χ2n) is 6.35. The molecule has 1 atom stereocenters. The molecule has 0 aliphatic carbocycles. The fourth-order valence-electron chi connectivity index (χ4n) is 3.05. The van der Waals surface area contributed by atoms with Gasteiger partial charge in [0.25, 0.3) is 5.91 Å². The van der Waals surface area contributed by atoms with Crippen LogP contribution in [0.4, 0.5) is 0 Å². The smallest absolute Gasteiger partial charge is 0.251 e. The lowest BCUT2D eigenvalue weighted by atomic mass is 10.1. The molecular formula is C19H30IN5O2. The molecule has 2 amide bonds. The summed E-state index contributed by atoms with van der Waals surface area (Å²) in [7, 11) is 3.37. The third-order valence-corrected chi connectivity index (χ3v) is 4.53. The number of benzene rings is 1. The predicted octanol–water partition coefficient (Wildman–Crippen LogP) is 1.38. The summed E-state index contributed by atoms with van der Waals surface area (Å²) in [5.74, 6) is 0.862. The molecule has 0 bridgehead atoms. The second-order valence-corrected chi connectivity index (χ2v) is 6.35. The van der Waals surface area contributed by atoms with Crippen molar-refractivity contribution in [3.63, 3.8) is 0 Å². The van der Waals surface area contributed by atoms with Crippen molar-refractivity contribution in [2.24, 2.45) is 4.99 Å². The largest absolute Gasteiger partial charge is 0.356 e. The second kappa shape index (κ2) is 11.8. The Labute approximate surface area is 178 Å². The van der Waals surface area contributed by atoms with E-state index in [1.807, 2.05) is 30.0 Å². The summed E-state index contributed by atoms with van der Waals surface area (Å²) < 4.78 is 0. The Morgan fingerprint density at radius 1 is 1.33 bits per heavy atom. The molecule has 1 saturated heterocycles. The molecule has 1 aliphatic heterocycles. The fraction of sp³-hybridized carbons (Fsp3) is 0.526. The topological polar surface area (TPSA) is 85.8 Å². The van der Waals surface area contributed by atoms with Gasteiger partial charge in [-0.2, -0.15) is 0 Å². The third kappa shape index (κ3) is 7.00. The summed E-state index contributed by atoms with van der Waals surface area (Å²) in [6, 6.07) is 7.84. The molecule has 3 N–H and O–H groups in total. The first-order chi connectivity index (χ1) is 12.6. The molecule has 0 aromatic heterocycles. The van der Waals surface area contributed by atoms with E-state index in [4.69, 9.17) is 0 Å². The van der Waals surface area contributed by atoms with Gasteiger partial charge in [-0.25, -0.2) is 0 Å². The zero-order valence-corrected chi connectivity index (χ0v) is 18.6. The van der Waals surface area contributed by atoms with Gasteiger partial charge in [0.1, 0.15) is 0 Å². The van der Waals surface area contributed by atoms with E-state index in [2.05, 4.69) is 20.9 Å². The fourth-order valence-corrected chi connectivity index (χ4v) is 3.05. The molecule has 0 radical (unpaired) electrons. The number of hydrogen-bond acceptors (Lipinski definition) is 3. The quantitative estimate of drug-likeness (QED) is 0.322. The first-order valence-electron chi connectivity index (χ1n) is 9.13. The minimum absolute atomic E-state index is 0. The molecular weight excluding hydrogens is 457 g/mol. The highest BCUT2D eigenvalue weighted by Crippen LogP contribution is 2.10. The number of halogens is 1. The van der Waals surface area contributed by atoms with E-state index in [1.165, 1.54) is 0 Å². The summed E-state index contributed by atoms with van der Waals surface area (Å²) in [4.78, 5) is 29.6. The minimum Gasteiger partial charge on any atom is -0.356 e. The van der Waals surface area contributed by atoms with Crippen LogP contribution in [0.15, 0.2) is 29.3 Å². The Balaban J connectivity index is 0.00000364. The summed E-state index contributed by atoms with van der Waals surface area (Å²) in [6.45, 7) is 4.12. The zero-order chi connectivity index (χ0) is 18.9. The maximum atomic E-state index is 11.8. The number of nitrogens with one attached hydrogen (secondary N) is 3. The third-order valence-electron chi connectivity index (χ3n) is 4.53.